The van der Waals surface area contributed by atoms with Gasteiger partial charge >= 0.3 is 0 Å². The molecule has 0 spiro atoms. The minimum atomic E-state index is 0.0807. The van der Waals surface area contributed by atoms with Gasteiger partial charge in [-0.25, -0.2) is 0 Å². The molecule has 0 aromatic rings. The fraction of sp³-hybridized carbons (Fsp3) is 1.00. The van der Waals surface area contributed by atoms with E-state index in [-0.39, 0.29) is 6.17 Å². The van der Waals surface area contributed by atoms with Crippen LogP contribution in [0.15, 0.2) is 0 Å². The Morgan fingerprint density at radius 3 is 2.08 bits per heavy atom. The van der Waals surface area contributed by atoms with E-state index in [0.717, 1.165) is 32.7 Å². The van der Waals surface area contributed by atoms with Crippen LogP contribution in [0, 0.1) is 0 Å². The highest BCUT2D eigenvalue weighted by molar-refractivity contribution is 4.56. The second kappa shape index (κ2) is 9.88. The highest BCUT2D eigenvalue weighted by atomic mass is 15.0. The molecule has 7 N–H and O–H groups in total. The Morgan fingerprint density at radius 2 is 1.54 bits per heavy atom. The lowest BCUT2D eigenvalue weighted by Crippen LogP contribution is -2.40. The third-order valence-corrected chi connectivity index (χ3v) is 1.57. The molecule has 13 heavy (non-hydrogen) atoms. The van der Waals surface area contributed by atoms with Gasteiger partial charge in [-0.1, -0.05) is 0 Å². The number of nitrogens with one attached hydrogen (secondary N) is 3. The Labute approximate surface area is 80.6 Å². The molecule has 1 unspecified atom stereocenters. The van der Waals surface area contributed by atoms with Crippen molar-refractivity contribution < 1.29 is 0 Å². The molecule has 5 heteroatoms. The molecular formula is C8H23N5. The highest BCUT2D eigenvalue weighted by Gasteiger charge is 1.90. The van der Waals surface area contributed by atoms with Gasteiger partial charge in [0.2, 0.25) is 0 Å². The quantitative estimate of drug-likeness (QED) is 0.214. The van der Waals surface area contributed by atoms with Crippen LogP contribution in [-0.4, -0.2) is 45.4 Å². The fourth-order valence-corrected chi connectivity index (χ4v) is 0.917. The maximum Gasteiger partial charge on any atom is 0.0517 e. The summed E-state index contributed by atoms with van der Waals surface area (Å²) < 4.78 is 0. The monoisotopic (exact) mass is 189 g/mol. The third kappa shape index (κ3) is 11.8. The zero-order valence-electron chi connectivity index (χ0n) is 8.47. The topological polar surface area (TPSA) is 88.1 Å². The molecule has 0 saturated heterocycles. The number of hydrogen-bond donors (Lipinski definition) is 5. The summed E-state index contributed by atoms with van der Waals surface area (Å²) in [4.78, 5) is 0. The third-order valence-electron chi connectivity index (χ3n) is 1.57. The normalized spacial score (nSPS) is 13.2. The SMILES string of the molecule is CC(N)NCCNCCNCCN. The van der Waals surface area contributed by atoms with Gasteiger partial charge in [-0.2, -0.15) is 0 Å². The molecule has 1 atom stereocenters. The molecule has 0 aliphatic heterocycles. The van der Waals surface area contributed by atoms with Crippen molar-refractivity contribution in [3.8, 4) is 0 Å². The zero-order chi connectivity index (χ0) is 9.94. The van der Waals surface area contributed by atoms with Crippen molar-refractivity contribution in [2.24, 2.45) is 11.5 Å². The van der Waals surface area contributed by atoms with Gasteiger partial charge in [0.25, 0.3) is 0 Å². The lowest BCUT2D eigenvalue weighted by molar-refractivity contribution is 0.534. The molecule has 0 aromatic carbocycles. The Kier molecular flexibility index (Phi) is 9.73. The van der Waals surface area contributed by atoms with E-state index in [1.54, 1.807) is 0 Å². The van der Waals surface area contributed by atoms with Gasteiger partial charge in [-0.15, -0.1) is 0 Å². The molecule has 0 radical (unpaired) electrons. The van der Waals surface area contributed by atoms with Gasteiger partial charge < -0.3 is 27.4 Å². The molecule has 0 saturated carbocycles. The van der Waals surface area contributed by atoms with Crippen LogP contribution in [0.25, 0.3) is 0 Å². The lowest BCUT2D eigenvalue weighted by Gasteiger charge is -2.09. The van der Waals surface area contributed by atoms with Crippen molar-refractivity contribution in [3.05, 3.63) is 0 Å². The Morgan fingerprint density at radius 1 is 1.00 bits per heavy atom. The molecule has 0 aliphatic carbocycles. The maximum atomic E-state index is 5.51. The number of nitrogens with two attached hydrogens (primary N) is 2. The zero-order valence-corrected chi connectivity index (χ0v) is 8.47. The van der Waals surface area contributed by atoms with Gasteiger partial charge in [-0.3, -0.25) is 0 Å². The minimum absolute atomic E-state index is 0.0807. The van der Waals surface area contributed by atoms with Crippen LogP contribution in [0.5, 0.6) is 0 Å². The van der Waals surface area contributed by atoms with Crippen LogP contribution in [0.2, 0.25) is 0 Å². The first-order chi connectivity index (χ1) is 6.27. The Balaban J connectivity index is 2.84. The number of rotatable bonds is 9. The van der Waals surface area contributed by atoms with Crippen LogP contribution in [-0.2, 0) is 0 Å². The van der Waals surface area contributed by atoms with E-state index in [1.165, 1.54) is 0 Å². The molecule has 0 heterocycles. The van der Waals surface area contributed by atoms with E-state index >= 15 is 0 Å². The summed E-state index contributed by atoms with van der Waals surface area (Å²) >= 11 is 0. The Hall–Kier alpha value is -0.200. The van der Waals surface area contributed by atoms with E-state index in [1.807, 2.05) is 6.92 Å². The van der Waals surface area contributed by atoms with Crippen LogP contribution in [0.4, 0.5) is 0 Å². The summed E-state index contributed by atoms with van der Waals surface area (Å²) in [6, 6.07) is 0. The average molecular weight is 189 g/mol. The van der Waals surface area contributed by atoms with E-state index in [4.69, 9.17) is 11.5 Å². The van der Waals surface area contributed by atoms with Crippen molar-refractivity contribution in [2.45, 2.75) is 13.1 Å². The summed E-state index contributed by atoms with van der Waals surface area (Å²) in [5.74, 6) is 0. The van der Waals surface area contributed by atoms with Crippen LogP contribution in [0.1, 0.15) is 6.92 Å². The maximum absolute atomic E-state index is 5.51. The molecule has 0 bridgehead atoms. The molecular weight excluding hydrogens is 166 g/mol. The van der Waals surface area contributed by atoms with Gasteiger partial charge in [0.15, 0.2) is 0 Å². The molecule has 0 fully saturated rings. The molecule has 0 aromatic heterocycles. The summed E-state index contributed by atoms with van der Waals surface area (Å²) in [6.07, 6.45) is 0.0807. The standard InChI is InChI=1S/C8H23N5/c1-8(10)13-7-6-12-5-4-11-3-2-9/h8,11-13H,2-7,9-10H2,1H3. The van der Waals surface area contributed by atoms with Gasteiger partial charge in [0.1, 0.15) is 0 Å². The van der Waals surface area contributed by atoms with Crippen LogP contribution < -0.4 is 27.4 Å². The first-order valence-corrected chi connectivity index (χ1v) is 4.88. The summed E-state index contributed by atoms with van der Waals surface area (Å²) in [7, 11) is 0. The van der Waals surface area contributed by atoms with E-state index in [9.17, 15) is 0 Å². The molecule has 80 valence electrons. The average Bonchev–Trinajstić information content (AvgIpc) is 2.09. The summed E-state index contributed by atoms with van der Waals surface area (Å²) in [6.45, 7) is 7.32. The first kappa shape index (κ1) is 12.8. The van der Waals surface area contributed by atoms with E-state index < -0.39 is 0 Å². The van der Waals surface area contributed by atoms with E-state index in [0.29, 0.717) is 6.54 Å². The van der Waals surface area contributed by atoms with Gasteiger partial charge in [0.05, 0.1) is 6.17 Å². The summed E-state index contributed by atoms with van der Waals surface area (Å²) in [5, 5.41) is 9.60. The second-order valence-corrected chi connectivity index (χ2v) is 3.03. The number of hydrogen-bond acceptors (Lipinski definition) is 5. The predicted octanol–water partition coefficient (Wildman–Crippen LogP) is -1.98. The van der Waals surface area contributed by atoms with Crippen LogP contribution >= 0.6 is 0 Å². The minimum Gasteiger partial charge on any atom is -0.329 e. The van der Waals surface area contributed by atoms with Crippen LogP contribution in [0.3, 0.4) is 0 Å². The smallest absolute Gasteiger partial charge is 0.0517 e. The molecule has 0 amide bonds. The molecule has 0 rings (SSSR count). The van der Waals surface area contributed by atoms with Crippen molar-refractivity contribution in [1.29, 1.82) is 0 Å². The highest BCUT2D eigenvalue weighted by Crippen LogP contribution is 1.64. The molecule has 0 aliphatic rings. The lowest BCUT2D eigenvalue weighted by atomic mass is 10.5. The van der Waals surface area contributed by atoms with Gasteiger partial charge in [-0.05, 0) is 6.92 Å². The van der Waals surface area contributed by atoms with Crippen molar-refractivity contribution >= 4 is 0 Å². The first-order valence-electron chi connectivity index (χ1n) is 4.88. The van der Waals surface area contributed by atoms with Crippen molar-refractivity contribution in [3.63, 3.8) is 0 Å². The predicted molar refractivity (Wildman–Crippen MR) is 56.4 cm³/mol. The summed E-state index contributed by atoms with van der Waals surface area (Å²) in [5.41, 5.74) is 10.8. The molecule has 5 nitrogen and oxygen atoms in total. The largest absolute Gasteiger partial charge is 0.329 e. The van der Waals surface area contributed by atoms with Crippen molar-refractivity contribution in [1.82, 2.24) is 16.0 Å². The second-order valence-electron chi connectivity index (χ2n) is 3.03. The fourth-order valence-electron chi connectivity index (χ4n) is 0.917. The van der Waals surface area contributed by atoms with Crippen molar-refractivity contribution in [2.75, 3.05) is 39.3 Å². The van der Waals surface area contributed by atoms with E-state index in [2.05, 4.69) is 16.0 Å². The van der Waals surface area contributed by atoms with Gasteiger partial charge in [0, 0.05) is 39.3 Å². The Bertz CT molecular complexity index is 96.5.